The topological polar surface area (TPSA) is 26.3 Å². The lowest BCUT2D eigenvalue weighted by atomic mass is 10.1. The van der Waals surface area contributed by atoms with E-state index in [0.717, 1.165) is 0 Å². The highest BCUT2D eigenvalue weighted by Crippen LogP contribution is 2.37. The molecule has 0 heterocycles. The van der Waals surface area contributed by atoms with Crippen LogP contribution >= 0.6 is 11.8 Å². The van der Waals surface area contributed by atoms with E-state index in [4.69, 9.17) is 0 Å². The fourth-order valence-electron chi connectivity index (χ4n) is 1.13. The molecular formula is C10H9F3O2S. The van der Waals surface area contributed by atoms with Crippen LogP contribution in [0, 0.1) is 6.92 Å². The third-order valence-electron chi connectivity index (χ3n) is 1.85. The van der Waals surface area contributed by atoms with Gasteiger partial charge >= 0.3 is 11.5 Å². The number of carbonyl (C=O) groups excluding carboxylic acids is 1. The van der Waals surface area contributed by atoms with Crippen molar-refractivity contribution in [3.63, 3.8) is 0 Å². The lowest BCUT2D eigenvalue weighted by Crippen LogP contribution is -2.05. The number of rotatable bonds is 2. The second-order valence-electron chi connectivity index (χ2n) is 3.02. The van der Waals surface area contributed by atoms with Gasteiger partial charge in [-0.05, 0) is 36.4 Å². The molecule has 0 saturated heterocycles. The van der Waals surface area contributed by atoms with E-state index in [2.05, 4.69) is 4.74 Å². The Labute approximate surface area is 94.8 Å². The van der Waals surface area contributed by atoms with Crippen LogP contribution in [0.2, 0.25) is 0 Å². The fraction of sp³-hybridized carbons (Fsp3) is 0.300. The molecule has 0 spiro atoms. The van der Waals surface area contributed by atoms with Crippen molar-refractivity contribution in [2.24, 2.45) is 0 Å². The molecule has 1 rings (SSSR count). The van der Waals surface area contributed by atoms with Crippen LogP contribution in [0.4, 0.5) is 13.2 Å². The molecule has 1 aromatic carbocycles. The van der Waals surface area contributed by atoms with Gasteiger partial charge in [-0.15, -0.1) is 0 Å². The van der Waals surface area contributed by atoms with Crippen LogP contribution < -0.4 is 0 Å². The van der Waals surface area contributed by atoms with Gasteiger partial charge in [-0.1, -0.05) is 6.07 Å². The standard InChI is InChI=1S/C10H9F3O2S/c1-6-3-4-7(16-10(11,12)13)5-8(6)9(14)15-2/h3-5H,1-2H3. The molecule has 0 saturated carbocycles. The Morgan fingerprint density at radius 3 is 2.50 bits per heavy atom. The van der Waals surface area contributed by atoms with E-state index in [1.54, 1.807) is 6.92 Å². The zero-order valence-corrected chi connectivity index (χ0v) is 9.41. The summed E-state index contributed by atoms with van der Waals surface area (Å²) in [6.45, 7) is 1.63. The van der Waals surface area contributed by atoms with E-state index in [-0.39, 0.29) is 22.2 Å². The zero-order valence-electron chi connectivity index (χ0n) is 8.59. The highest BCUT2D eigenvalue weighted by molar-refractivity contribution is 8.00. The third-order valence-corrected chi connectivity index (χ3v) is 2.57. The summed E-state index contributed by atoms with van der Waals surface area (Å²) in [5, 5.41) is 0. The quantitative estimate of drug-likeness (QED) is 0.594. The molecule has 0 atom stereocenters. The molecule has 0 aromatic heterocycles. The van der Waals surface area contributed by atoms with Gasteiger partial charge in [0.05, 0.1) is 12.7 Å². The van der Waals surface area contributed by atoms with Gasteiger partial charge in [-0.25, -0.2) is 4.79 Å². The summed E-state index contributed by atoms with van der Waals surface area (Å²) < 4.78 is 40.8. The first-order valence-corrected chi connectivity index (χ1v) is 5.10. The predicted molar refractivity (Wildman–Crippen MR) is 54.4 cm³/mol. The van der Waals surface area contributed by atoms with Crippen molar-refractivity contribution >= 4 is 17.7 Å². The summed E-state index contributed by atoms with van der Waals surface area (Å²) >= 11 is -0.256. The Bertz CT molecular complexity index is 402. The Balaban J connectivity index is 3.03. The van der Waals surface area contributed by atoms with E-state index in [9.17, 15) is 18.0 Å². The van der Waals surface area contributed by atoms with Gasteiger partial charge in [0, 0.05) is 4.90 Å². The van der Waals surface area contributed by atoms with Crippen molar-refractivity contribution in [3.8, 4) is 0 Å². The van der Waals surface area contributed by atoms with Crippen LogP contribution in [-0.2, 0) is 4.74 Å². The van der Waals surface area contributed by atoms with Gasteiger partial charge in [0.1, 0.15) is 0 Å². The Kier molecular flexibility index (Phi) is 3.85. The van der Waals surface area contributed by atoms with E-state index in [1.807, 2.05) is 0 Å². The molecule has 0 fully saturated rings. The predicted octanol–water partition coefficient (Wildman–Crippen LogP) is 3.39. The van der Waals surface area contributed by atoms with Crippen LogP contribution in [-0.4, -0.2) is 18.6 Å². The summed E-state index contributed by atoms with van der Waals surface area (Å²) in [4.78, 5) is 11.2. The van der Waals surface area contributed by atoms with Crippen molar-refractivity contribution in [3.05, 3.63) is 29.3 Å². The normalized spacial score (nSPS) is 11.3. The van der Waals surface area contributed by atoms with E-state index >= 15 is 0 Å². The number of hydrogen-bond acceptors (Lipinski definition) is 3. The highest BCUT2D eigenvalue weighted by Gasteiger charge is 2.29. The maximum absolute atomic E-state index is 12.1. The number of carbonyl (C=O) groups is 1. The average molecular weight is 250 g/mol. The van der Waals surface area contributed by atoms with Crippen molar-refractivity contribution in [2.75, 3.05) is 7.11 Å². The van der Waals surface area contributed by atoms with Crippen molar-refractivity contribution in [1.82, 2.24) is 0 Å². The van der Waals surface area contributed by atoms with Crippen molar-refractivity contribution in [1.29, 1.82) is 0 Å². The monoisotopic (exact) mass is 250 g/mol. The second kappa shape index (κ2) is 4.78. The van der Waals surface area contributed by atoms with E-state index < -0.39 is 11.5 Å². The number of aryl methyl sites for hydroxylation is 1. The molecular weight excluding hydrogens is 241 g/mol. The highest BCUT2D eigenvalue weighted by atomic mass is 32.2. The number of halogens is 3. The Morgan fingerprint density at radius 2 is 2.00 bits per heavy atom. The SMILES string of the molecule is COC(=O)c1cc(SC(F)(F)F)ccc1C. The third kappa shape index (κ3) is 3.44. The van der Waals surface area contributed by atoms with Gasteiger partial charge in [-0.2, -0.15) is 13.2 Å². The number of benzene rings is 1. The first-order chi connectivity index (χ1) is 7.33. The van der Waals surface area contributed by atoms with Crippen molar-refractivity contribution < 1.29 is 22.7 Å². The molecule has 16 heavy (non-hydrogen) atoms. The molecule has 0 bridgehead atoms. The minimum absolute atomic E-state index is 0.0292. The number of alkyl halides is 3. The molecule has 1 aromatic rings. The number of esters is 1. The number of ether oxygens (including phenoxy) is 1. The molecule has 6 heteroatoms. The van der Waals surface area contributed by atoms with Crippen LogP contribution in [0.1, 0.15) is 15.9 Å². The molecule has 0 aliphatic heterocycles. The van der Waals surface area contributed by atoms with Gasteiger partial charge in [-0.3, -0.25) is 0 Å². The molecule has 88 valence electrons. The zero-order chi connectivity index (χ0) is 12.3. The van der Waals surface area contributed by atoms with Gasteiger partial charge < -0.3 is 4.74 Å². The van der Waals surface area contributed by atoms with Crippen LogP contribution in [0.15, 0.2) is 23.1 Å². The second-order valence-corrected chi connectivity index (χ2v) is 4.15. The molecule has 2 nitrogen and oxygen atoms in total. The minimum Gasteiger partial charge on any atom is -0.465 e. The summed E-state index contributed by atoms with van der Waals surface area (Å²) in [7, 11) is 1.19. The fourth-order valence-corrected chi connectivity index (χ4v) is 1.71. The summed E-state index contributed by atoms with van der Waals surface area (Å²) in [6.07, 6.45) is 0. The van der Waals surface area contributed by atoms with Gasteiger partial charge in [0.25, 0.3) is 0 Å². The van der Waals surface area contributed by atoms with Gasteiger partial charge in [0.15, 0.2) is 0 Å². The van der Waals surface area contributed by atoms with Crippen LogP contribution in [0.3, 0.4) is 0 Å². The molecule has 0 radical (unpaired) electrons. The molecule has 0 aliphatic carbocycles. The number of methoxy groups -OCH3 is 1. The average Bonchev–Trinajstić information content (AvgIpc) is 2.18. The largest absolute Gasteiger partial charge is 0.465 e. The maximum atomic E-state index is 12.1. The lowest BCUT2D eigenvalue weighted by molar-refractivity contribution is -0.0328. The molecule has 0 N–H and O–H groups in total. The van der Waals surface area contributed by atoms with Gasteiger partial charge in [0.2, 0.25) is 0 Å². The van der Waals surface area contributed by atoms with E-state index in [1.165, 1.54) is 25.3 Å². The van der Waals surface area contributed by atoms with Crippen LogP contribution in [0.5, 0.6) is 0 Å². The van der Waals surface area contributed by atoms with E-state index in [0.29, 0.717) is 5.56 Å². The number of hydrogen-bond donors (Lipinski definition) is 0. The smallest absolute Gasteiger partial charge is 0.446 e. The molecule has 0 amide bonds. The summed E-state index contributed by atoms with van der Waals surface area (Å²) in [5.41, 5.74) is -3.63. The summed E-state index contributed by atoms with van der Waals surface area (Å²) in [6, 6.07) is 3.96. The first kappa shape index (κ1) is 12.9. The van der Waals surface area contributed by atoms with Crippen LogP contribution in [0.25, 0.3) is 0 Å². The van der Waals surface area contributed by atoms with Crippen molar-refractivity contribution in [2.45, 2.75) is 17.3 Å². The minimum atomic E-state index is -4.36. The first-order valence-electron chi connectivity index (χ1n) is 4.28. The Hall–Kier alpha value is -1.17. The summed E-state index contributed by atoms with van der Waals surface area (Å²) in [5.74, 6) is -0.637. The number of thioether (sulfide) groups is 1. The lowest BCUT2D eigenvalue weighted by Gasteiger charge is -2.08. The Morgan fingerprint density at radius 1 is 1.38 bits per heavy atom. The molecule has 0 unspecified atom stereocenters. The maximum Gasteiger partial charge on any atom is 0.446 e. The molecule has 0 aliphatic rings.